The van der Waals surface area contributed by atoms with E-state index >= 15 is 0 Å². The number of hydrogen-bond acceptors (Lipinski definition) is 2. The summed E-state index contributed by atoms with van der Waals surface area (Å²) in [5.41, 5.74) is -0.399. The maximum absolute atomic E-state index is 12.5. The van der Waals surface area contributed by atoms with E-state index in [2.05, 4.69) is 17.9 Å². The molecule has 1 nitrogen and oxygen atoms in total. The SMILES string of the molecule is FC(F)(F)c1cc(NCCCS)ccc1Cl. The number of hydrogen-bond donors (Lipinski definition) is 2. The van der Waals surface area contributed by atoms with Crippen molar-refractivity contribution in [2.75, 3.05) is 17.6 Å². The van der Waals surface area contributed by atoms with Crippen LogP contribution in [-0.2, 0) is 6.18 Å². The zero-order valence-electron chi connectivity index (χ0n) is 8.31. The van der Waals surface area contributed by atoms with E-state index < -0.39 is 11.7 Å². The van der Waals surface area contributed by atoms with Crippen LogP contribution in [0.2, 0.25) is 5.02 Å². The van der Waals surface area contributed by atoms with Crippen LogP contribution in [-0.4, -0.2) is 12.3 Å². The van der Waals surface area contributed by atoms with Crippen LogP contribution in [0, 0.1) is 0 Å². The van der Waals surface area contributed by atoms with Crippen molar-refractivity contribution in [3.63, 3.8) is 0 Å². The van der Waals surface area contributed by atoms with Crippen LogP contribution in [0.4, 0.5) is 18.9 Å². The Labute approximate surface area is 102 Å². The van der Waals surface area contributed by atoms with Crippen LogP contribution in [0.5, 0.6) is 0 Å². The summed E-state index contributed by atoms with van der Waals surface area (Å²) in [6.07, 6.45) is -3.63. The van der Waals surface area contributed by atoms with E-state index in [4.69, 9.17) is 11.6 Å². The van der Waals surface area contributed by atoms with Gasteiger partial charge in [-0.2, -0.15) is 25.8 Å². The summed E-state index contributed by atoms with van der Waals surface area (Å²) in [6.45, 7) is 0.586. The molecule has 0 aliphatic carbocycles. The number of thiol groups is 1. The molecule has 0 aliphatic rings. The van der Waals surface area contributed by atoms with Crippen molar-refractivity contribution >= 4 is 29.9 Å². The van der Waals surface area contributed by atoms with Gasteiger partial charge in [-0.15, -0.1) is 0 Å². The van der Waals surface area contributed by atoms with Gasteiger partial charge in [-0.25, -0.2) is 0 Å². The quantitative estimate of drug-likeness (QED) is 0.620. The van der Waals surface area contributed by atoms with E-state index in [1.54, 1.807) is 0 Å². The molecule has 0 amide bonds. The molecular weight excluding hydrogens is 259 g/mol. The zero-order chi connectivity index (χ0) is 12.2. The molecule has 0 unspecified atom stereocenters. The van der Waals surface area contributed by atoms with Gasteiger partial charge in [0.1, 0.15) is 0 Å². The summed E-state index contributed by atoms with van der Waals surface area (Å²) < 4.78 is 37.5. The van der Waals surface area contributed by atoms with Gasteiger partial charge in [0, 0.05) is 12.2 Å². The molecule has 0 saturated carbocycles. The Morgan fingerprint density at radius 1 is 1.31 bits per heavy atom. The van der Waals surface area contributed by atoms with E-state index in [0.717, 1.165) is 12.5 Å². The molecule has 0 atom stereocenters. The highest BCUT2D eigenvalue weighted by Crippen LogP contribution is 2.36. The number of rotatable bonds is 4. The summed E-state index contributed by atoms with van der Waals surface area (Å²) in [4.78, 5) is 0. The third-order valence-corrected chi connectivity index (χ3v) is 2.58. The molecule has 0 radical (unpaired) electrons. The Morgan fingerprint density at radius 2 is 2.00 bits per heavy atom. The largest absolute Gasteiger partial charge is 0.417 e. The van der Waals surface area contributed by atoms with Crippen molar-refractivity contribution in [2.24, 2.45) is 0 Å². The number of nitrogens with one attached hydrogen (secondary N) is 1. The van der Waals surface area contributed by atoms with Gasteiger partial charge in [0.25, 0.3) is 0 Å². The topological polar surface area (TPSA) is 12.0 Å². The van der Waals surface area contributed by atoms with Crippen molar-refractivity contribution in [3.8, 4) is 0 Å². The smallest absolute Gasteiger partial charge is 0.385 e. The summed E-state index contributed by atoms with van der Waals surface area (Å²) in [5.74, 6) is 0.687. The first-order valence-corrected chi connectivity index (χ1v) is 5.67. The third kappa shape index (κ3) is 3.79. The molecule has 0 bridgehead atoms. The lowest BCUT2D eigenvalue weighted by molar-refractivity contribution is -0.137. The molecule has 0 aliphatic heterocycles. The number of anilines is 1. The van der Waals surface area contributed by atoms with Gasteiger partial charge >= 0.3 is 6.18 Å². The molecule has 1 aromatic carbocycles. The molecular formula is C10H11ClF3NS. The van der Waals surface area contributed by atoms with Gasteiger partial charge in [0.15, 0.2) is 0 Å². The molecule has 0 saturated heterocycles. The molecule has 0 fully saturated rings. The number of alkyl halides is 3. The molecule has 0 aromatic heterocycles. The minimum absolute atomic E-state index is 0.285. The van der Waals surface area contributed by atoms with Gasteiger partial charge in [0.2, 0.25) is 0 Å². The number of benzene rings is 1. The summed E-state index contributed by atoms with van der Waals surface area (Å²) in [6, 6.07) is 3.78. The molecule has 16 heavy (non-hydrogen) atoms. The lowest BCUT2D eigenvalue weighted by atomic mass is 10.2. The monoisotopic (exact) mass is 269 g/mol. The van der Waals surface area contributed by atoms with Crippen molar-refractivity contribution in [2.45, 2.75) is 12.6 Å². The Balaban J connectivity index is 2.82. The van der Waals surface area contributed by atoms with Crippen LogP contribution >= 0.6 is 24.2 Å². The first kappa shape index (κ1) is 13.5. The van der Waals surface area contributed by atoms with E-state index in [1.165, 1.54) is 12.1 Å². The lowest BCUT2D eigenvalue weighted by Gasteiger charge is -2.12. The van der Waals surface area contributed by atoms with Crippen molar-refractivity contribution in [1.29, 1.82) is 0 Å². The van der Waals surface area contributed by atoms with E-state index in [0.29, 0.717) is 18.0 Å². The van der Waals surface area contributed by atoms with E-state index in [-0.39, 0.29) is 5.02 Å². The van der Waals surface area contributed by atoms with Crippen molar-refractivity contribution in [1.82, 2.24) is 0 Å². The first-order chi connectivity index (χ1) is 7.45. The molecule has 1 aromatic rings. The van der Waals surface area contributed by atoms with Gasteiger partial charge in [-0.05, 0) is 30.4 Å². The fourth-order valence-electron chi connectivity index (χ4n) is 1.16. The maximum atomic E-state index is 12.5. The molecule has 1 rings (SSSR count). The predicted octanol–water partition coefficient (Wildman–Crippen LogP) is 4.09. The van der Waals surface area contributed by atoms with Crippen LogP contribution in [0.3, 0.4) is 0 Å². The fourth-order valence-corrected chi connectivity index (χ4v) is 1.55. The Hall–Kier alpha value is -0.550. The van der Waals surface area contributed by atoms with Gasteiger partial charge in [-0.3, -0.25) is 0 Å². The highest BCUT2D eigenvalue weighted by atomic mass is 35.5. The average molecular weight is 270 g/mol. The molecule has 6 heteroatoms. The fraction of sp³-hybridized carbons (Fsp3) is 0.400. The van der Waals surface area contributed by atoms with Crippen molar-refractivity contribution < 1.29 is 13.2 Å². The van der Waals surface area contributed by atoms with E-state index in [9.17, 15) is 13.2 Å². The van der Waals surface area contributed by atoms with Gasteiger partial charge in [0.05, 0.1) is 10.6 Å². The maximum Gasteiger partial charge on any atom is 0.417 e. The molecule has 0 heterocycles. The zero-order valence-corrected chi connectivity index (χ0v) is 9.96. The minimum atomic E-state index is -4.42. The van der Waals surface area contributed by atoms with Crippen LogP contribution in [0.1, 0.15) is 12.0 Å². The Kier molecular flexibility index (Phi) is 4.80. The molecule has 90 valence electrons. The van der Waals surface area contributed by atoms with E-state index in [1.807, 2.05) is 0 Å². The second-order valence-corrected chi connectivity index (χ2v) is 4.05. The van der Waals surface area contributed by atoms with Crippen LogP contribution in [0.25, 0.3) is 0 Å². The third-order valence-electron chi connectivity index (χ3n) is 1.94. The van der Waals surface area contributed by atoms with Crippen LogP contribution < -0.4 is 5.32 Å². The highest BCUT2D eigenvalue weighted by Gasteiger charge is 2.33. The number of halogens is 4. The standard InChI is InChI=1S/C10H11ClF3NS/c11-9-3-2-7(15-4-1-5-16)6-8(9)10(12,13)14/h2-3,6,15-16H,1,4-5H2. The molecule has 1 N–H and O–H groups in total. The Bertz CT molecular complexity index is 354. The van der Waals surface area contributed by atoms with Crippen molar-refractivity contribution in [3.05, 3.63) is 28.8 Å². The predicted molar refractivity (Wildman–Crippen MR) is 63.4 cm³/mol. The van der Waals surface area contributed by atoms with Gasteiger partial charge < -0.3 is 5.32 Å². The van der Waals surface area contributed by atoms with Gasteiger partial charge in [-0.1, -0.05) is 11.6 Å². The second kappa shape index (κ2) is 5.68. The summed E-state index contributed by atoms with van der Waals surface area (Å²) >= 11 is 9.49. The average Bonchev–Trinajstić information content (AvgIpc) is 2.19. The summed E-state index contributed by atoms with van der Waals surface area (Å²) in [7, 11) is 0. The first-order valence-electron chi connectivity index (χ1n) is 4.66. The highest BCUT2D eigenvalue weighted by molar-refractivity contribution is 7.80. The summed E-state index contributed by atoms with van der Waals surface area (Å²) in [5, 5.41) is 2.59. The van der Waals surface area contributed by atoms with Crippen LogP contribution in [0.15, 0.2) is 18.2 Å². The molecule has 0 spiro atoms. The Morgan fingerprint density at radius 3 is 2.56 bits per heavy atom. The lowest BCUT2D eigenvalue weighted by Crippen LogP contribution is -2.08. The normalized spacial score (nSPS) is 11.6. The minimum Gasteiger partial charge on any atom is -0.385 e. The second-order valence-electron chi connectivity index (χ2n) is 3.20.